The summed E-state index contributed by atoms with van der Waals surface area (Å²) >= 11 is 0. The Labute approximate surface area is 192 Å². The lowest BCUT2D eigenvalue weighted by molar-refractivity contribution is -0.136. The second kappa shape index (κ2) is 8.81. The molecule has 0 spiro atoms. The highest BCUT2D eigenvalue weighted by atomic mass is 16.5. The number of aryl methyl sites for hydroxylation is 1. The van der Waals surface area contributed by atoms with E-state index in [0.717, 1.165) is 30.6 Å². The first-order valence-electron chi connectivity index (χ1n) is 11.6. The van der Waals surface area contributed by atoms with E-state index in [1.165, 1.54) is 17.5 Å². The number of carbonyl (C=O) groups excluding carboxylic acids is 4. The molecule has 4 amide bonds. The number of piperidine rings is 1. The molecule has 2 aromatic carbocycles. The standard InChI is InChI=1S/C26H26N2O5/c29-22-13-12-20(24(30)27-22)28-25(31)19-8-3-9-21(23(19)26(28)32)33-14-4-5-16-10-11-17-6-1-2-7-18(17)15-16/h1-3,6-9,16,20H,4-5,10-15H2,(H,27,29,30). The average molecular weight is 447 g/mol. The van der Waals surface area contributed by atoms with E-state index in [2.05, 4.69) is 29.6 Å². The monoisotopic (exact) mass is 446 g/mol. The van der Waals surface area contributed by atoms with Crippen LogP contribution in [-0.2, 0) is 22.4 Å². The summed E-state index contributed by atoms with van der Waals surface area (Å²) in [7, 11) is 0. The lowest BCUT2D eigenvalue weighted by Gasteiger charge is -2.27. The minimum absolute atomic E-state index is 0.0960. The molecule has 2 aliphatic heterocycles. The van der Waals surface area contributed by atoms with Gasteiger partial charge in [0.05, 0.1) is 17.7 Å². The Balaban J connectivity index is 1.22. The van der Waals surface area contributed by atoms with Crippen molar-refractivity contribution in [2.24, 2.45) is 5.92 Å². The van der Waals surface area contributed by atoms with Gasteiger partial charge in [0.25, 0.3) is 11.8 Å². The molecule has 7 nitrogen and oxygen atoms in total. The molecule has 0 aromatic heterocycles. The number of fused-ring (bicyclic) bond motifs is 2. The zero-order valence-corrected chi connectivity index (χ0v) is 18.3. The second-order valence-electron chi connectivity index (χ2n) is 8.99. The first-order valence-corrected chi connectivity index (χ1v) is 11.6. The van der Waals surface area contributed by atoms with Gasteiger partial charge in [-0.25, -0.2) is 0 Å². The lowest BCUT2D eigenvalue weighted by atomic mass is 9.82. The first-order chi connectivity index (χ1) is 16.0. The molecular formula is C26H26N2O5. The number of hydrogen-bond donors (Lipinski definition) is 1. The maximum Gasteiger partial charge on any atom is 0.266 e. The lowest BCUT2D eigenvalue weighted by Crippen LogP contribution is -2.54. The number of rotatable bonds is 6. The molecule has 0 bridgehead atoms. The Morgan fingerprint density at radius 3 is 2.55 bits per heavy atom. The fourth-order valence-electron chi connectivity index (χ4n) is 5.18. The van der Waals surface area contributed by atoms with E-state index in [-0.39, 0.29) is 24.0 Å². The molecule has 0 saturated carbocycles. The number of amides is 4. The van der Waals surface area contributed by atoms with Gasteiger partial charge in [-0.3, -0.25) is 29.4 Å². The van der Waals surface area contributed by atoms with E-state index in [4.69, 9.17) is 4.74 Å². The van der Waals surface area contributed by atoms with Gasteiger partial charge >= 0.3 is 0 Å². The van der Waals surface area contributed by atoms with Gasteiger partial charge in [-0.2, -0.15) is 0 Å². The smallest absolute Gasteiger partial charge is 0.266 e. The van der Waals surface area contributed by atoms with E-state index in [0.29, 0.717) is 18.3 Å². The van der Waals surface area contributed by atoms with Crippen LogP contribution in [0.25, 0.3) is 0 Å². The third-order valence-corrected chi connectivity index (χ3v) is 6.89. The van der Waals surface area contributed by atoms with Crippen molar-refractivity contribution < 1.29 is 23.9 Å². The fourth-order valence-corrected chi connectivity index (χ4v) is 5.18. The summed E-state index contributed by atoms with van der Waals surface area (Å²) in [6, 6.07) is 12.6. The highest BCUT2D eigenvalue weighted by Gasteiger charge is 2.45. The van der Waals surface area contributed by atoms with Crippen LogP contribution in [0.1, 0.15) is 63.9 Å². The number of imide groups is 2. The Morgan fingerprint density at radius 2 is 1.73 bits per heavy atom. The molecule has 1 aliphatic carbocycles. The zero-order valence-electron chi connectivity index (χ0n) is 18.3. The number of hydrogen-bond acceptors (Lipinski definition) is 5. The molecule has 3 aliphatic rings. The van der Waals surface area contributed by atoms with Crippen molar-refractivity contribution in [2.75, 3.05) is 6.61 Å². The SMILES string of the molecule is O=C1CCC(N2C(=O)c3cccc(OCCCC4CCc5ccccc5C4)c3C2=O)C(=O)N1. The number of benzene rings is 2. The van der Waals surface area contributed by atoms with Crippen LogP contribution < -0.4 is 10.1 Å². The summed E-state index contributed by atoms with van der Waals surface area (Å²) in [5.41, 5.74) is 3.34. The molecule has 1 fully saturated rings. The molecule has 2 unspecified atom stereocenters. The van der Waals surface area contributed by atoms with E-state index in [1.807, 2.05) is 0 Å². The first kappa shape index (κ1) is 21.4. The number of ether oxygens (including phenoxy) is 1. The number of carbonyl (C=O) groups is 4. The molecule has 2 aromatic rings. The molecule has 5 rings (SSSR count). The molecule has 170 valence electrons. The Hall–Kier alpha value is -3.48. The van der Waals surface area contributed by atoms with E-state index in [1.54, 1.807) is 18.2 Å². The molecule has 33 heavy (non-hydrogen) atoms. The van der Waals surface area contributed by atoms with Gasteiger partial charge in [-0.1, -0.05) is 30.3 Å². The highest BCUT2D eigenvalue weighted by molar-refractivity contribution is 6.24. The molecule has 1 saturated heterocycles. The van der Waals surface area contributed by atoms with E-state index in [9.17, 15) is 19.2 Å². The molecule has 1 N–H and O–H groups in total. The normalized spacial score (nSPS) is 22.1. The Bertz CT molecular complexity index is 1140. The fraction of sp³-hybridized carbons (Fsp3) is 0.385. The summed E-state index contributed by atoms with van der Waals surface area (Å²) in [6.45, 7) is 0.453. The van der Waals surface area contributed by atoms with Gasteiger partial charge in [0.15, 0.2) is 0 Å². The van der Waals surface area contributed by atoms with Crippen LogP contribution in [0, 0.1) is 5.92 Å². The predicted octanol–water partition coefficient (Wildman–Crippen LogP) is 3.05. The molecule has 2 heterocycles. The molecular weight excluding hydrogens is 420 g/mol. The van der Waals surface area contributed by atoms with Crippen molar-refractivity contribution in [2.45, 2.75) is 51.0 Å². The van der Waals surface area contributed by atoms with Crippen molar-refractivity contribution in [3.63, 3.8) is 0 Å². The Kier molecular flexibility index (Phi) is 5.70. The minimum Gasteiger partial charge on any atom is -0.493 e. The van der Waals surface area contributed by atoms with Crippen LogP contribution >= 0.6 is 0 Å². The largest absolute Gasteiger partial charge is 0.493 e. The summed E-state index contributed by atoms with van der Waals surface area (Å²) < 4.78 is 5.95. The third kappa shape index (κ3) is 4.03. The van der Waals surface area contributed by atoms with Gasteiger partial charge in [-0.15, -0.1) is 0 Å². The maximum absolute atomic E-state index is 13.1. The second-order valence-corrected chi connectivity index (χ2v) is 8.99. The van der Waals surface area contributed by atoms with Gasteiger partial charge in [-0.05, 0) is 67.7 Å². The topological polar surface area (TPSA) is 92.8 Å². The van der Waals surface area contributed by atoms with Crippen LogP contribution in [0.15, 0.2) is 42.5 Å². The van der Waals surface area contributed by atoms with Crippen LogP contribution in [0.4, 0.5) is 0 Å². The van der Waals surface area contributed by atoms with Crippen LogP contribution in [0.5, 0.6) is 5.75 Å². The highest BCUT2D eigenvalue weighted by Crippen LogP contribution is 2.34. The average Bonchev–Trinajstić information content (AvgIpc) is 3.07. The zero-order chi connectivity index (χ0) is 22.9. The summed E-state index contributed by atoms with van der Waals surface area (Å²) in [6.07, 6.45) is 5.50. The van der Waals surface area contributed by atoms with Gasteiger partial charge in [0.2, 0.25) is 11.8 Å². The van der Waals surface area contributed by atoms with Crippen molar-refractivity contribution in [1.82, 2.24) is 10.2 Å². The third-order valence-electron chi connectivity index (χ3n) is 6.89. The molecule has 7 heteroatoms. The quantitative estimate of drug-likeness (QED) is 0.544. The number of nitrogens with one attached hydrogen (secondary N) is 1. The van der Waals surface area contributed by atoms with Crippen LogP contribution in [0.2, 0.25) is 0 Å². The maximum atomic E-state index is 13.1. The van der Waals surface area contributed by atoms with Crippen molar-refractivity contribution >= 4 is 23.6 Å². The minimum atomic E-state index is -0.975. The van der Waals surface area contributed by atoms with Gasteiger partial charge < -0.3 is 4.74 Å². The summed E-state index contributed by atoms with van der Waals surface area (Å²) in [4.78, 5) is 50.7. The van der Waals surface area contributed by atoms with Crippen LogP contribution in [-0.4, -0.2) is 41.2 Å². The van der Waals surface area contributed by atoms with Crippen molar-refractivity contribution in [3.8, 4) is 5.75 Å². The number of nitrogens with zero attached hydrogens (tertiary/aromatic N) is 1. The van der Waals surface area contributed by atoms with Crippen LogP contribution in [0.3, 0.4) is 0 Å². The summed E-state index contributed by atoms with van der Waals surface area (Å²) in [5, 5.41) is 2.21. The Morgan fingerprint density at radius 1 is 0.909 bits per heavy atom. The van der Waals surface area contributed by atoms with Crippen molar-refractivity contribution in [1.29, 1.82) is 0 Å². The summed E-state index contributed by atoms with van der Waals surface area (Å²) in [5.74, 6) is -1.07. The van der Waals surface area contributed by atoms with Gasteiger partial charge in [0.1, 0.15) is 11.8 Å². The van der Waals surface area contributed by atoms with Gasteiger partial charge in [0, 0.05) is 6.42 Å². The molecule has 2 atom stereocenters. The van der Waals surface area contributed by atoms with E-state index < -0.39 is 29.7 Å². The van der Waals surface area contributed by atoms with E-state index >= 15 is 0 Å². The predicted molar refractivity (Wildman–Crippen MR) is 120 cm³/mol. The molecule has 0 radical (unpaired) electrons. The van der Waals surface area contributed by atoms with Crippen molar-refractivity contribution in [3.05, 3.63) is 64.7 Å².